The standard InChI is InChI=1S/C16H22N2/c1-12(13-7-4-5-8-13)11-16(18(2)3)14-9-6-10-15(14)17/h4-10,12,16H,11,17H2,1-3H3/q-2/t12-,16-/m1/s1. The second-order valence-electron chi connectivity index (χ2n) is 5.27. The molecule has 2 aromatic carbocycles. The molecule has 0 spiro atoms. The smallest absolute Gasteiger partial charge is 0.00843 e. The SMILES string of the molecule is C[C@H](C[C@H]([c-]1cccc1N)N(C)C)c1ccc[cH-]1. The summed E-state index contributed by atoms with van der Waals surface area (Å²) >= 11 is 0. The first-order valence-electron chi connectivity index (χ1n) is 6.48. The van der Waals surface area contributed by atoms with Crippen LogP contribution in [0.15, 0.2) is 42.5 Å². The molecule has 2 rings (SSSR count). The van der Waals surface area contributed by atoms with Crippen molar-refractivity contribution >= 4 is 5.69 Å². The van der Waals surface area contributed by atoms with Crippen LogP contribution in [0.3, 0.4) is 0 Å². The van der Waals surface area contributed by atoms with Gasteiger partial charge in [0.05, 0.1) is 0 Å². The third kappa shape index (κ3) is 2.65. The zero-order valence-electron chi connectivity index (χ0n) is 11.4. The third-order valence-corrected chi connectivity index (χ3v) is 3.70. The van der Waals surface area contributed by atoms with Gasteiger partial charge in [-0.05, 0) is 32.5 Å². The number of nitrogens with zero attached hydrogens (tertiary/aromatic N) is 1. The van der Waals surface area contributed by atoms with Crippen molar-refractivity contribution in [3.63, 3.8) is 0 Å². The van der Waals surface area contributed by atoms with E-state index in [1.165, 1.54) is 11.1 Å². The van der Waals surface area contributed by atoms with Gasteiger partial charge >= 0.3 is 0 Å². The number of anilines is 1. The van der Waals surface area contributed by atoms with Crippen molar-refractivity contribution in [2.24, 2.45) is 0 Å². The number of hydrogen-bond donors (Lipinski definition) is 1. The van der Waals surface area contributed by atoms with E-state index in [0.717, 1.165) is 12.1 Å². The molecule has 2 N–H and O–H groups in total. The van der Waals surface area contributed by atoms with Crippen molar-refractivity contribution in [3.05, 3.63) is 53.6 Å². The Kier molecular flexibility index (Phi) is 3.87. The summed E-state index contributed by atoms with van der Waals surface area (Å²) in [7, 11) is 4.24. The fourth-order valence-corrected chi connectivity index (χ4v) is 2.56. The number of nitrogens with two attached hydrogens (primary N) is 1. The van der Waals surface area contributed by atoms with Gasteiger partial charge in [0.2, 0.25) is 0 Å². The third-order valence-electron chi connectivity index (χ3n) is 3.70. The molecule has 0 unspecified atom stereocenters. The van der Waals surface area contributed by atoms with Crippen LogP contribution in [0, 0.1) is 0 Å². The monoisotopic (exact) mass is 242 g/mol. The highest BCUT2D eigenvalue weighted by Gasteiger charge is 2.15. The predicted molar refractivity (Wildman–Crippen MR) is 77.9 cm³/mol. The summed E-state index contributed by atoms with van der Waals surface area (Å²) in [6.07, 6.45) is 1.09. The molecule has 0 aliphatic heterocycles. The van der Waals surface area contributed by atoms with Gasteiger partial charge in [-0.25, -0.2) is 18.2 Å². The molecule has 2 heteroatoms. The van der Waals surface area contributed by atoms with Crippen LogP contribution in [0.4, 0.5) is 5.69 Å². The van der Waals surface area contributed by atoms with Gasteiger partial charge in [0.25, 0.3) is 0 Å². The molecule has 0 bridgehead atoms. The minimum Gasteiger partial charge on any atom is -0.420 e. The fraction of sp³-hybridized carbons (Fsp3) is 0.375. The van der Waals surface area contributed by atoms with E-state index in [4.69, 9.17) is 5.73 Å². The van der Waals surface area contributed by atoms with Gasteiger partial charge in [0.15, 0.2) is 0 Å². The lowest BCUT2D eigenvalue weighted by Gasteiger charge is -2.32. The highest BCUT2D eigenvalue weighted by Crippen LogP contribution is 2.34. The first-order valence-corrected chi connectivity index (χ1v) is 6.48. The molecule has 98 valence electrons. The average Bonchev–Trinajstić information content (AvgIpc) is 2.96. The summed E-state index contributed by atoms with van der Waals surface area (Å²) in [4.78, 5) is 2.26. The summed E-state index contributed by atoms with van der Waals surface area (Å²) in [6, 6.07) is 15.1. The Hall–Kier alpha value is -1.54. The van der Waals surface area contributed by atoms with Crippen LogP contribution < -0.4 is 5.73 Å². The van der Waals surface area contributed by atoms with E-state index in [1.54, 1.807) is 0 Å². The quantitative estimate of drug-likeness (QED) is 0.813. The lowest BCUT2D eigenvalue weighted by molar-refractivity contribution is 0.273. The minimum absolute atomic E-state index is 0.380. The highest BCUT2D eigenvalue weighted by molar-refractivity contribution is 5.50. The van der Waals surface area contributed by atoms with Crippen molar-refractivity contribution in [2.75, 3.05) is 19.8 Å². The second-order valence-corrected chi connectivity index (χ2v) is 5.27. The number of nitrogen functional groups attached to an aromatic ring is 1. The second kappa shape index (κ2) is 5.40. The van der Waals surface area contributed by atoms with Crippen molar-refractivity contribution in [2.45, 2.75) is 25.3 Å². The van der Waals surface area contributed by atoms with Crippen LogP contribution in [0.2, 0.25) is 0 Å². The van der Waals surface area contributed by atoms with Crippen LogP contribution in [0.1, 0.15) is 36.4 Å². The van der Waals surface area contributed by atoms with E-state index < -0.39 is 0 Å². The first kappa shape index (κ1) is 12.9. The lowest BCUT2D eigenvalue weighted by atomic mass is 9.92. The van der Waals surface area contributed by atoms with E-state index >= 15 is 0 Å². The zero-order valence-corrected chi connectivity index (χ0v) is 11.4. The molecule has 0 heterocycles. The van der Waals surface area contributed by atoms with Gasteiger partial charge in [0, 0.05) is 0 Å². The highest BCUT2D eigenvalue weighted by atomic mass is 15.1. The Morgan fingerprint density at radius 3 is 2.61 bits per heavy atom. The largest absolute Gasteiger partial charge is 0.420 e. The molecule has 0 saturated carbocycles. The Morgan fingerprint density at radius 2 is 2.11 bits per heavy atom. The molecular weight excluding hydrogens is 220 g/mol. The first-order chi connectivity index (χ1) is 8.59. The predicted octanol–water partition coefficient (Wildman–Crippen LogP) is 3.50. The molecular formula is C16H22N2-2. The van der Waals surface area contributed by atoms with Gasteiger partial charge in [-0.15, -0.1) is 5.56 Å². The Bertz CT molecular complexity index is 465. The van der Waals surface area contributed by atoms with Crippen molar-refractivity contribution < 1.29 is 0 Å². The Morgan fingerprint density at radius 1 is 1.33 bits per heavy atom. The molecule has 0 radical (unpaired) electrons. The van der Waals surface area contributed by atoms with Crippen LogP contribution in [-0.4, -0.2) is 19.0 Å². The summed E-state index contributed by atoms with van der Waals surface area (Å²) in [6.45, 7) is 2.28. The van der Waals surface area contributed by atoms with Crippen LogP contribution in [0.25, 0.3) is 0 Å². The van der Waals surface area contributed by atoms with Gasteiger partial charge in [-0.2, -0.15) is 29.8 Å². The van der Waals surface area contributed by atoms with E-state index in [-0.39, 0.29) is 0 Å². The molecule has 2 atom stereocenters. The topological polar surface area (TPSA) is 29.3 Å². The molecule has 0 saturated heterocycles. The van der Waals surface area contributed by atoms with E-state index in [9.17, 15) is 0 Å². The van der Waals surface area contributed by atoms with Crippen molar-refractivity contribution in [1.29, 1.82) is 0 Å². The molecule has 0 aliphatic carbocycles. The average molecular weight is 242 g/mol. The van der Waals surface area contributed by atoms with E-state index in [2.05, 4.69) is 56.3 Å². The van der Waals surface area contributed by atoms with Crippen molar-refractivity contribution in [1.82, 2.24) is 4.90 Å². The number of hydrogen-bond acceptors (Lipinski definition) is 2. The Labute approximate surface area is 110 Å². The normalized spacial score (nSPS) is 14.9. The van der Waals surface area contributed by atoms with Gasteiger partial charge in [0.1, 0.15) is 0 Å². The van der Waals surface area contributed by atoms with Gasteiger partial charge in [-0.1, -0.05) is 12.6 Å². The van der Waals surface area contributed by atoms with Gasteiger partial charge in [-0.3, -0.25) is 0 Å². The summed E-state index contributed by atoms with van der Waals surface area (Å²) in [5.41, 5.74) is 9.61. The maximum atomic E-state index is 6.05. The van der Waals surface area contributed by atoms with E-state index in [0.29, 0.717) is 12.0 Å². The van der Waals surface area contributed by atoms with E-state index in [1.807, 2.05) is 12.1 Å². The molecule has 0 aromatic heterocycles. The summed E-state index contributed by atoms with van der Waals surface area (Å²) < 4.78 is 0. The van der Waals surface area contributed by atoms with Crippen LogP contribution in [0.5, 0.6) is 0 Å². The fourth-order valence-electron chi connectivity index (χ4n) is 2.56. The molecule has 2 aromatic rings. The molecule has 18 heavy (non-hydrogen) atoms. The molecule has 0 fully saturated rings. The zero-order chi connectivity index (χ0) is 13.1. The molecule has 0 aliphatic rings. The summed E-state index contributed by atoms with van der Waals surface area (Å²) in [5.74, 6) is 0.543. The number of rotatable bonds is 5. The van der Waals surface area contributed by atoms with Gasteiger partial charge < -0.3 is 10.6 Å². The summed E-state index contributed by atoms with van der Waals surface area (Å²) in [5, 5.41) is 0. The molecule has 0 amide bonds. The lowest BCUT2D eigenvalue weighted by Crippen LogP contribution is -2.22. The maximum absolute atomic E-state index is 6.05. The Balaban J connectivity index is 2.15. The van der Waals surface area contributed by atoms with Crippen LogP contribution >= 0.6 is 0 Å². The minimum atomic E-state index is 0.380. The molecule has 2 nitrogen and oxygen atoms in total. The maximum Gasteiger partial charge on any atom is -0.00843 e. The van der Waals surface area contributed by atoms with Crippen molar-refractivity contribution in [3.8, 4) is 0 Å². The van der Waals surface area contributed by atoms with Crippen LogP contribution in [-0.2, 0) is 0 Å².